The zero-order valence-corrected chi connectivity index (χ0v) is 21.4. The fraction of sp³-hybridized carbons (Fsp3) is 0.423. The van der Waals surface area contributed by atoms with E-state index < -0.39 is 23.7 Å². The van der Waals surface area contributed by atoms with Gasteiger partial charge in [0.2, 0.25) is 5.91 Å². The van der Waals surface area contributed by atoms with Gasteiger partial charge in [-0.05, 0) is 36.8 Å². The van der Waals surface area contributed by atoms with Crippen LogP contribution in [0.2, 0.25) is 0 Å². The highest BCUT2D eigenvalue weighted by molar-refractivity contribution is 7.99. The third-order valence-electron chi connectivity index (χ3n) is 6.56. The fourth-order valence-electron chi connectivity index (χ4n) is 4.49. The van der Waals surface area contributed by atoms with Gasteiger partial charge < -0.3 is 19.5 Å². The van der Waals surface area contributed by atoms with E-state index in [1.165, 1.54) is 27.6 Å². The number of piperazine rings is 1. The molecule has 12 heteroatoms. The largest absolute Gasteiger partial charge is 0.550 e. The highest BCUT2D eigenvalue weighted by Gasteiger charge is 2.35. The zero-order chi connectivity index (χ0) is 27.3. The highest BCUT2D eigenvalue weighted by atomic mass is 32.2. The summed E-state index contributed by atoms with van der Waals surface area (Å²) in [7, 11) is 0. The molecule has 38 heavy (non-hydrogen) atoms. The summed E-state index contributed by atoms with van der Waals surface area (Å²) >= 11 is 1.35. The molecule has 0 atom stereocenters. The van der Waals surface area contributed by atoms with Gasteiger partial charge in [-0.1, -0.05) is 23.9 Å². The summed E-state index contributed by atoms with van der Waals surface area (Å²) in [6.07, 6.45) is -4.93. The van der Waals surface area contributed by atoms with E-state index in [1.54, 1.807) is 12.1 Å². The number of esters is 1. The topological polar surface area (TPSA) is 94.4 Å². The molecule has 4 rings (SSSR count). The van der Waals surface area contributed by atoms with E-state index in [9.17, 15) is 32.7 Å². The first-order valence-electron chi connectivity index (χ1n) is 12.3. The van der Waals surface area contributed by atoms with E-state index >= 15 is 0 Å². The van der Waals surface area contributed by atoms with Crippen LogP contribution in [0.3, 0.4) is 0 Å². The quantitative estimate of drug-likeness (QED) is 0.472. The van der Waals surface area contributed by atoms with E-state index in [0.717, 1.165) is 43.2 Å². The van der Waals surface area contributed by atoms with Gasteiger partial charge in [0.15, 0.2) is 0 Å². The lowest BCUT2D eigenvalue weighted by molar-refractivity contribution is -0.904. The van der Waals surface area contributed by atoms with E-state index in [0.29, 0.717) is 23.7 Å². The number of fused-ring (bicyclic) bond motifs is 2. The number of hydrogen-bond donors (Lipinski definition) is 1. The van der Waals surface area contributed by atoms with Crippen LogP contribution in [-0.4, -0.2) is 68.6 Å². The number of carbonyl (C=O) groups is 3. The minimum absolute atomic E-state index is 0.153. The molecule has 204 valence electrons. The van der Waals surface area contributed by atoms with Crippen molar-refractivity contribution < 1.29 is 42.3 Å². The van der Waals surface area contributed by atoms with Gasteiger partial charge in [0.1, 0.15) is 13.2 Å². The average molecular weight is 552 g/mol. The Hall–Kier alpha value is -3.09. The van der Waals surface area contributed by atoms with Crippen molar-refractivity contribution in [2.75, 3.05) is 50.8 Å². The number of carboxylic acids is 1. The number of para-hydroxylation sites is 1. The molecule has 2 aromatic rings. The van der Waals surface area contributed by atoms with Crippen LogP contribution in [0, 0.1) is 0 Å². The summed E-state index contributed by atoms with van der Waals surface area (Å²) < 4.78 is 45.3. The van der Waals surface area contributed by atoms with Crippen LogP contribution in [0.25, 0.3) is 0 Å². The Bertz CT molecular complexity index is 1180. The third kappa shape index (κ3) is 7.06. The number of aliphatic carboxylic acids is 1. The summed E-state index contributed by atoms with van der Waals surface area (Å²) in [5, 5.41) is 10.4. The van der Waals surface area contributed by atoms with Gasteiger partial charge >= 0.3 is 12.1 Å². The summed E-state index contributed by atoms with van der Waals surface area (Å²) in [6, 6.07) is 10.7. The number of quaternary nitrogens is 1. The number of carboxylic acid groups (broad SMARTS) is 1. The van der Waals surface area contributed by atoms with E-state index in [4.69, 9.17) is 4.74 Å². The minimum atomic E-state index is -4.51. The summed E-state index contributed by atoms with van der Waals surface area (Å²) in [4.78, 5) is 41.5. The van der Waals surface area contributed by atoms with Crippen LogP contribution in [0.15, 0.2) is 52.3 Å². The molecule has 2 aliphatic rings. The van der Waals surface area contributed by atoms with Gasteiger partial charge in [-0.15, -0.1) is 0 Å². The number of amides is 1. The number of benzene rings is 2. The van der Waals surface area contributed by atoms with Gasteiger partial charge in [-0.2, -0.15) is 13.2 Å². The number of rotatable bonds is 9. The van der Waals surface area contributed by atoms with Crippen molar-refractivity contribution in [3.8, 4) is 0 Å². The molecular formula is C26H28F3N3O5S. The normalized spacial score (nSPS) is 16.0. The summed E-state index contributed by atoms with van der Waals surface area (Å²) in [5.74, 6) is -2.12. The van der Waals surface area contributed by atoms with Gasteiger partial charge in [0, 0.05) is 41.8 Å². The lowest BCUT2D eigenvalue weighted by atomic mass is 10.1. The number of alkyl halides is 3. The van der Waals surface area contributed by atoms with E-state index in [-0.39, 0.29) is 37.5 Å². The van der Waals surface area contributed by atoms with Crippen molar-refractivity contribution in [3.05, 3.63) is 48.0 Å². The molecule has 2 aromatic carbocycles. The lowest BCUT2D eigenvalue weighted by Crippen LogP contribution is -3.15. The molecule has 0 bridgehead atoms. The molecule has 2 heterocycles. The maximum Gasteiger partial charge on any atom is 0.416 e. The van der Waals surface area contributed by atoms with Crippen molar-refractivity contribution in [1.29, 1.82) is 0 Å². The molecule has 1 amide bonds. The van der Waals surface area contributed by atoms with Crippen LogP contribution in [-0.2, 0) is 25.3 Å². The molecule has 0 radical (unpaired) electrons. The van der Waals surface area contributed by atoms with Crippen molar-refractivity contribution >= 4 is 41.0 Å². The number of anilines is 2. The number of ether oxygens (including phenoxy) is 1. The Labute approximate surface area is 222 Å². The molecule has 0 aromatic heterocycles. The Morgan fingerprint density at radius 2 is 1.68 bits per heavy atom. The molecule has 8 nitrogen and oxygen atoms in total. The van der Waals surface area contributed by atoms with Crippen molar-refractivity contribution in [3.63, 3.8) is 0 Å². The molecular weight excluding hydrogens is 523 g/mol. The van der Waals surface area contributed by atoms with Gasteiger partial charge in [0.05, 0.1) is 36.4 Å². The molecule has 0 unspecified atom stereocenters. The Morgan fingerprint density at radius 1 is 0.974 bits per heavy atom. The average Bonchev–Trinajstić information content (AvgIpc) is 2.89. The Morgan fingerprint density at radius 3 is 2.39 bits per heavy atom. The Balaban J connectivity index is 1.31. The predicted octanol–water partition coefficient (Wildman–Crippen LogP) is 1.50. The van der Waals surface area contributed by atoms with Crippen molar-refractivity contribution in [2.45, 2.75) is 35.2 Å². The first-order valence-corrected chi connectivity index (χ1v) is 13.2. The summed E-state index contributed by atoms with van der Waals surface area (Å²) in [5.41, 5.74) is 0.0346. The lowest BCUT2D eigenvalue weighted by Gasteiger charge is -2.34. The highest BCUT2D eigenvalue weighted by Crippen LogP contribution is 2.49. The number of hydrogen-bond acceptors (Lipinski definition) is 7. The van der Waals surface area contributed by atoms with Crippen molar-refractivity contribution in [1.82, 2.24) is 4.90 Å². The molecule has 0 saturated carbocycles. The molecule has 0 aliphatic carbocycles. The number of halogens is 3. The van der Waals surface area contributed by atoms with Crippen molar-refractivity contribution in [2.24, 2.45) is 0 Å². The summed E-state index contributed by atoms with van der Waals surface area (Å²) in [6.45, 7) is 4.29. The number of nitrogens with zero attached hydrogens (tertiary/aromatic N) is 2. The second-order valence-electron chi connectivity index (χ2n) is 9.16. The maximum absolute atomic E-state index is 13.4. The fourth-order valence-corrected chi connectivity index (χ4v) is 5.53. The molecule has 0 spiro atoms. The molecule has 1 saturated heterocycles. The Kier molecular flexibility index (Phi) is 8.95. The smallest absolute Gasteiger partial charge is 0.416 e. The van der Waals surface area contributed by atoms with Crippen LogP contribution in [0.5, 0.6) is 0 Å². The number of nitrogens with one attached hydrogen (secondary N) is 1. The molecule has 2 aliphatic heterocycles. The predicted molar refractivity (Wildman–Crippen MR) is 131 cm³/mol. The van der Waals surface area contributed by atoms with Crippen LogP contribution >= 0.6 is 11.8 Å². The SMILES string of the molecule is O=C([O-])CCC(=O)OCC[NH+]1CCN(CCC(=O)N2c3ccccc3Sc3ccc(C(F)(F)F)cc32)CC1. The van der Waals surface area contributed by atoms with Crippen LogP contribution < -0.4 is 14.9 Å². The third-order valence-corrected chi connectivity index (χ3v) is 7.69. The standard InChI is InChI=1S/C26H28F3N3O5S/c27-26(28,29)18-5-6-22-20(17-18)32(19-3-1-2-4-21(19)38-22)23(33)9-10-30-11-13-31(14-12-30)15-16-37-25(36)8-7-24(34)35/h1-6,17H,7-16H2,(H,34,35). The molecule has 1 fully saturated rings. The van der Waals surface area contributed by atoms with Gasteiger partial charge in [-0.3, -0.25) is 19.4 Å². The first kappa shape index (κ1) is 27.9. The van der Waals surface area contributed by atoms with Crippen LogP contribution in [0.4, 0.5) is 24.5 Å². The molecule has 1 N–H and O–H groups in total. The zero-order valence-electron chi connectivity index (χ0n) is 20.6. The van der Waals surface area contributed by atoms with Crippen LogP contribution in [0.1, 0.15) is 24.8 Å². The first-order chi connectivity index (χ1) is 18.1. The maximum atomic E-state index is 13.4. The monoisotopic (exact) mass is 551 g/mol. The van der Waals surface area contributed by atoms with E-state index in [2.05, 4.69) is 4.90 Å². The van der Waals surface area contributed by atoms with E-state index in [1.807, 2.05) is 12.1 Å². The minimum Gasteiger partial charge on any atom is -0.550 e. The second kappa shape index (κ2) is 12.2. The van der Waals surface area contributed by atoms with Gasteiger partial charge in [-0.25, -0.2) is 0 Å². The van der Waals surface area contributed by atoms with Gasteiger partial charge in [0.25, 0.3) is 0 Å². The number of carbonyl (C=O) groups excluding carboxylic acids is 3. The second-order valence-corrected chi connectivity index (χ2v) is 10.2.